The van der Waals surface area contributed by atoms with Gasteiger partial charge in [-0.1, -0.05) is 18.3 Å². The Morgan fingerprint density at radius 2 is 2.16 bits per heavy atom. The van der Waals surface area contributed by atoms with Crippen LogP contribution < -0.4 is 11.1 Å². The van der Waals surface area contributed by atoms with Crippen LogP contribution in [0.4, 0.5) is 5.69 Å². The van der Waals surface area contributed by atoms with Crippen LogP contribution in [0, 0.1) is 0 Å². The Hall–Kier alpha value is -0.780. The monoisotopic (exact) mass is 295 g/mol. The molecular weight excluding hydrogens is 274 g/mol. The van der Waals surface area contributed by atoms with Crippen molar-refractivity contribution in [3.05, 3.63) is 23.8 Å². The van der Waals surface area contributed by atoms with Crippen LogP contribution in [0.1, 0.15) is 18.4 Å². The maximum Gasteiger partial charge on any atom is 0.107 e. The van der Waals surface area contributed by atoms with Crippen LogP contribution in [0.15, 0.2) is 23.1 Å². The van der Waals surface area contributed by atoms with Crippen molar-refractivity contribution in [1.82, 2.24) is 4.90 Å². The Kier molecular flexibility index (Phi) is 5.48. The Morgan fingerprint density at radius 3 is 2.79 bits per heavy atom. The number of hydrogen-bond donors (Lipinski definition) is 2. The van der Waals surface area contributed by atoms with Gasteiger partial charge in [-0.25, -0.2) is 0 Å². The molecular formula is C14H21N3S2. The van der Waals surface area contributed by atoms with Crippen molar-refractivity contribution in [2.75, 3.05) is 37.8 Å². The topological polar surface area (TPSA) is 41.3 Å². The number of benzene rings is 1. The third-order valence-electron chi connectivity index (χ3n) is 3.43. The minimum Gasteiger partial charge on any atom is -0.389 e. The van der Waals surface area contributed by atoms with Crippen molar-refractivity contribution in [3.8, 4) is 0 Å². The van der Waals surface area contributed by atoms with Gasteiger partial charge in [0, 0.05) is 29.2 Å². The van der Waals surface area contributed by atoms with Crippen LogP contribution in [-0.2, 0) is 0 Å². The number of rotatable bonds is 6. The molecule has 1 aliphatic rings. The average Bonchev–Trinajstić information content (AvgIpc) is 2.91. The molecule has 19 heavy (non-hydrogen) atoms. The fraction of sp³-hybridized carbons (Fsp3) is 0.500. The summed E-state index contributed by atoms with van der Waals surface area (Å²) in [7, 11) is 0. The SMILES string of the molecule is CSc1cccc(NCCN2CCCC2)c1C(N)=S. The second kappa shape index (κ2) is 7.12. The highest BCUT2D eigenvalue weighted by atomic mass is 32.2. The van der Waals surface area contributed by atoms with E-state index < -0.39 is 0 Å². The molecule has 0 saturated carbocycles. The van der Waals surface area contributed by atoms with E-state index in [0.29, 0.717) is 4.99 Å². The molecule has 0 aliphatic carbocycles. The van der Waals surface area contributed by atoms with Crippen molar-refractivity contribution < 1.29 is 0 Å². The highest BCUT2D eigenvalue weighted by Gasteiger charge is 2.12. The molecule has 0 spiro atoms. The summed E-state index contributed by atoms with van der Waals surface area (Å²) in [4.78, 5) is 4.10. The molecule has 0 amide bonds. The predicted octanol–water partition coefficient (Wildman–Crippen LogP) is 2.55. The third-order valence-corrected chi connectivity index (χ3v) is 4.42. The predicted molar refractivity (Wildman–Crippen MR) is 88.3 cm³/mol. The van der Waals surface area contributed by atoms with Gasteiger partial charge in [-0.2, -0.15) is 0 Å². The van der Waals surface area contributed by atoms with Gasteiger partial charge in [-0.05, 0) is 44.3 Å². The molecule has 2 rings (SSSR count). The lowest BCUT2D eigenvalue weighted by molar-refractivity contribution is 0.352. The number of nitrogens with one attached hydrogen (secondary N) is 1. The zero-order valence-electron chi connectivity index (χ0n) is 11.3. The highest BCUT2D eigenvalue weighted by Crippen LogP contribution is 2.27. The largest absolute Gasteiger partial charge is 0.389 e. The van der Waals surface area contributed by atoms with E-state index in [0.717, 1.165) is 29.2 Å². The number of nitrogens with zero attached hydrogens (tertiary/aromatic N) is 1. The van der Waals surface area contributed by atoms with Crippen LogP contribution in [0.3, 0.4) is 0 Å². The molecule has 1 aromatic carbocycles. The van der Waals surface area contributed by atoms with Crippen LogP contribution in [0.5, 0.6) is 0 Å². The first kappa shape index (κ1) is 14.6. The summed E-state index contributed by atoms with van der Waals surface area (Å²) in [5, 5.41) is 3.47. The van der Waals surface area contributed by atoms with Crippen LogP contribution in [0.25, 0.3) is 0 Å². The fourth-order valence-electron chi connectivity index (χ4n) is 2.46. The van der Waals surface area contributed by atoms with E-state index >= 15 is 0 Å². The summed E-state index contributed by atoms with van der Waals surface area (Å²) in [6, 6.07) is 6.16. The van der Waals surface area contributed by atoms with Crippen molar-refractivity contribution in [1.29, 1.82) is 0 Å². The molecule has 0 bridgehead atoms. The maximum absolute atomic E-state index is 5.85. The fourth-order valence-corrected chi connectivity index (χ4v) is 3.38. The number of thiocarbonyl (C=S) groups is 1. The quantitative estimate of drug-likeness (QED) is 0.623. The summed E-state index contributed by atoms with van der Waals surface area (Å²) >= 11 is 6.85. The van der Waals surface area contributed by atoms with Crippen molar-refractivity contribution in [3.63, 3.8) is 0 Å². The molecule has 1 heterocycles. The van der Waals surface area contributed by atoms with Gasteiger partial charge in [-0.15, -0.1) is 11.8 Å². The number of hydrogen-bond acceptors (Lipinski definition) is 4. The first-order valence-corrected chi connectivity index (χ1v) is 8.28. The Morgan fingerprint density at radius 1 is 1.42 bits per heavy atom. The van der Waals surface area contributed by atoms with Gasteiger partial charge in [0.1, 0.15) is 4.99 Å². The standard InChI is InChI=1S/C14H21N3S2/c1-19-12-6-4-5-11(13(12)14(15)18)16-7-10-17-8-2-3-9-17/h4-6,16H,2-3,7-10H2,1H3,(H2,15,18). The summed E-state index contributed by atoms with van der Waals surface area (Å²) in [6.07, 6.45) is 4.71. The molecule has 1 aliphatic heterocycles. The first-order chi connectivity index (χ1) is 9.22. The van der Waals surface area contributed by atoms with Gasteiger partial charge in [-0.3, -0.25) is 0 Å². The number of thioether (sulfide) groups is 1. The number of likely N-dealkylation sites (tertiary alicyclic amines) is 1. The van der Waals surface area contributed by atoms with Crippen LogP contribution >= 0.6 is 24.0 Å². The maximum atomic E-state index is 5.85. The van der Waals surface area contributed by atoms with Crippen LogP contribution in [-0.4, -0.2) is 42.3 Å². The van der Waals surface area contributed by atoms with E-state index in [2.05, 4.69) is 22.3 Å². The molecule has 104 valence electrons. The lowest BCUT2D eigenvalue weighted by Gasteiger charge is -2.18. The summed E-state index contributed by atoms with van der Waals surface area (Å²) in [6.45, 7) is 4.48. The van der Waals surface area contributed by atoms with E-state index in [9.17, 15) is 0 Å². The Bertz CT molecular complexity index is 442. The van der Waals surface area contributed by atoms with Gasteiger partial charge in [0.2, 0.25) is 0 Å². The average molecular weight is 295 g/mol. The zero-order chi connectivity index (χ0) is 13.7. The molecule has 5 heteroatoms. The van der Waals surface area contributed by atoms with E-state index in [1.807, 2.05) is 12.3 Å². The second-order valence-corrected chi connectivity index (χ2v) is 6.01. The molecule has 0 unspecified atom stereocenters. The molecule has 1 saturated heterocycles. The smallest absolute Gasteiger partial charge is 0.107 e. The van der Waals surface area contributed by atoms with Gasteiger partial charge < -0.3 is 16.0 Å². The summed E-state index contributed by atoms with van der Waals surface area (Å²) < 4.78 is 0. The minimum atomic E-state index is 0.466. The van der Waals surface area contributed by atoms with Crippen molar-refractivity contribution in [2.24, 2.45) is 5.73 Å². The molecule has 0 aromatic heterocycles. The lowest BCUT2D eigenvalue weighted by atomic mass is 10.1. The normalized spacial score (nSPS) is 15.6. The summed E-state index contributed by atoms with van der Waals surface area (Å²) in [5.74, 6) is 0. The molecule has 3 N–H and O–H groups in total. The third kappa shape index (κ3) is 3.84. The molecule has 0 atom stereocenters. The van der Waals surface area contributed by atoms with E-state index in [-0.39, 0.29) is 0 Å². The molecule has 0 radical (unpaired) electrons. The van der Waals surface area contributed by atoms with E-state index in [4.69, 9.17) is 18.0 Å². The van der Waals surface area contributed by atoms with Crippen molar-refractivity contribution >= 4 is 34.7 Å². The highest BCUT2D eigenvalue weighted by molar-refractivity contribution is 7.98. The Balaban J connectivity index is 2.00. The molecule has 3 nitrogen and oxygen atoms in total. The number of anilines is 1. The Labute approximate surface area is 124 Å². The number of nitrogens with two attached hydrogens (primary N) is 1. The van der Waals surface area contributed by atoms with Gasteiger partial charge >= 0.3 is 0 Å². The first-order valence-electron chi connectivity index (χ1n) is 6.65. The van der Waals surface area contributed by atoms with Crippen LogP contribution in [0.2, 0.25) is 0 Å². The van der Waals surface area contributed by atoms with Crippen molar-refractivity contribution in [2.45, 2.75) is 17.7 Å². The van der Waals surface area contributed by atoms with Gasteiger partial charge in [0.25, 0.3) is 0 Å². The van der Waals surface area contributed by atoms with Gasteiger partial charge in [0.15, 0.2) is 0 Å². The van der Waals surface area contributed by atoms with E-state index in [1.54, 1.807) is 11.8 Å². The second-order valence-electron chi connectivity index (χ2n) is 4.72. The zero-order valence-corrected chi connectivity index (χ0v) is 12.9. The minimum absolute atomic E-state index is 0.466. The van der Waals surface area contributed by atoms with Gasteiger partial charge in [0.05, 0.1) is 0 Å². The lowest BCUT2D eigenvalue weighted by Crippen LogP contribution is -2.26. The molecule has 1 aromatic rings. The summed E-state index contributed by atoms with van der Waals surface area (Å²) in [5.41, 5.74) is 7.88. The van der Waals surface area contributed by atoms with E-state index in [1.165, 1.54) is 25.9 Å². The molecule has 1 fully saturated rings.